The zero-order valence-corrected chi connectivity index (χ0v) is 14.8. The van der Waals surface area contributed by atoms with Gasteiger partial charge in [0.05, 0.1) is 0 Å². The van der Waals surface area contributed by atoms with E-state index in [1.165, 1.54) is 11.1 Å². The Hall–Kier alpha value is -1.07. The Balaban J connectivity index is 2.12. The molecule has 0 saturated heterocycles. The molecule has 0 aliphatic carbocycles. The Morgan fingerprint density at radius 1 is 1.29 bits per heavy atom. The molecule has 5 heteroatoms. The van der Waals surface area contributed by atoms with Crippen LogP contribution in [0.4, 0.5) is 4.79 Å². The van der Waals surface area contributed by atoms with Crippen LogP contribution < -0.4 is 10.6 Å². The van der Waals surface area contributed by atoms with E-state index >= 15 is 0 Å². The zero-order chi connectivity index (χ0) is 15.9. The van der Waals surface area contributed by atoms with Crippen molar-refractivity contribution >= 4 is 22.0 Å². The molecule has 0 fully saturated rings. The first-order valence-corrected chi connectivity index (χ1v) is 8.00. The average Bonchev–Trinajstić information content (AvgIpc) is 2.35. The van der Waals surface area contributed by atoms with Crippen LogP contribution in [0.5, 0.6) is 0 Å². The first-order chi connectivity index (χ1) is 9.78. The van der Waals surface area contributed by atoms with E-state index in [0.29, 0.717) is 6.54 Å². The number of carbonyl (C=O) groups is 1. The molecule has 0 spiro atoms. The van der Waals surface area contributed by atoms with E-state index in [1.807, 2.05) is 20.8 Å². The SMILES string of the molecule is Cc1cc(CNCCCNC(=O)OC(C)(C)C)ccc1Br. The minimum atomic E-state index is -0.443. The van der Waals surface area contributed by atoms with Gasteiger partial charge in [0.25, 0.3) is 0 Å². The molecule has 1 aromatic carbocycles. The summed E-state index contributed by atoms with van der Waals surface area (Å²) in [7, 11) is 0. The Labute approximate surface area is 135 Å². The first-order valence-electron chi connectivity index (χ1n) is 7.20. The first kappa shape index (κ1) is 18.0. The number of amides is 1. The van der Waals surface area contributed by atoms with Crippen molar-refractivity contribution in [1.82, 2.24) is 10.6 Å². The molecule has 2 N–H and O–H groups in total. The Bertz CT molecular complexity index is 470. The number of halogens is 1. The van der Waals surface area contributed by atoms with Crippen molar-refractivity contribution in [2.24, 2.45) is 0 Å². The average molecular weight is 357 g/mol. The van der Waals surface area contributed by atoms with Gasteiger partial charge in [0.2, 0.25) is 0 Å². The van der Waals surface area contributed by atoms with Gasteiger partial charge in [-0.25, -0.2) is 4.79 Å². The lowest BCUT2D eigenvalue weighted by atomic mass is 10.1. The highest BCUT2D eigenvalue weighted by Crippen LogP contribution is 2.16. The van der Waals surface area contributed by atoms with Crippen LogP contribution in [0.2, 0.25) is 0 Å². The van der Waals surface area contributed by atoms with E-state index in [0.717, 1.165) is 24.0 Å². The molecule has 0 aromatic heterocycles. The van der Waals surface area contributed by atoms with E-state index in [-0.39, 0.29) is 6.09 Å². The van der Waals surface area contributed by atoms with Crippen LogP contribution in [-0.2, 0) is 11.3 Å². The van der Waals surface area contributed by atoms with Crippen molar-refractivity contribution in [2.75, 3.05) is 13.1 Å². The van der Waals surface area contributed by atoms with Crippen molar-refractivity contribution in [3.63, 3.8) is 0 Å². The molecule has 1 amide bonds. The molecule has 0 aliphatic rings. The molecule has 21 heavy (non-hydrogen) atoms. The fraction of sp³-hybridized carbons (Fsp3) is 0.562. The monoisotopic (exact) mass is 356 g/mol. The van der Waals surface area contributed by atoms with E-state index in [4.69, 9.17) is 4.74 Å². The van der Waals surface area contributed by atoms with Crippen molar-refractivity contribution in [3.8, 4) is 0 Å². The van der Waals surface area contributed by atoms with E-state index < -0.39 is 5.60 Å². The minimum absolute atomic E-state index is 0.356. The minimum Gasteiger partial charge on any atom is -0.444 e. The second kappa shape index (κ2) is 8.39. The van der Waals surface area contributed by atoms with Crippen molar-refractivity contribution in [1.29, 1.82) is 0 Å². The fourth-order valence-electron chi connectivity index (χ4n) is 1.77. The summed E-state index contributed by atoms with van der Waals surface area (Å²) in [6.45, 7) is 9.95. The highest BCUT2D eigenvalue weighted by atomic mass is 79.9. The number of nitrogens with one attached hydrogen (secondary N) is 2. The summed E-state index contributed by atoms with van der Waals surface area (Å²) in [5.74, 6) is 0. The summed E-state index contributed by atoms with van der Waals surface area (Å²) < 4.78 is 6.30. The van der Waals surface area contributed by atoms with Gasteiger partial charge in [-0.3, -0.25) is 0 Å². The van der Waals surface area contributed by atoms with Crippen molar-refractivity contribution in [2.45, 2.75) is 46.3 Å². The van der Waals surface area contributed by atoms with Crippen LogP contribution in [0, 0.1) is 6.92 Å². The predicted octanol–water partition coefficient (Wildman–Crippen LogP) is 3.76. The number of benzene rings is 1. The normalized spacial score (nSPS) is 11.3. The lowest BCUT2D eigenvalue weighted by molar-refractivity contribution is 0.0527. The molecule has 0 radical (unpaired) electrons. The number of carbonyl (C=O) groups excluding carboxylic acids is 1. The Morgan fingerprint density at radius 2 is 2.00 bits per heavy atom. The molecular weight excluding hydrogens is 332 g/mol. The van der Waals surface area contributed by atoms with Gasteiger partial charge in [0, 0.05) is 17.6 Å². The number of rotatable bonds is 6. The maximum Gasteiger partial charge on any atom is 0.407 e. The molecule has 1 rings (SSSR count). The summed E-state index contributed by atoms with van der Waals surface area (Å²) in [6, 6.07) is 6.33. The Morgan fingerprint density at radius 3 is 2.62 bits per heavy atom. The lowest BCUT2D eigenvalue weighted by Gasteiger charge is -2.19. The van der Waals surface area contributed by atoms with Crippen LogP contribution in [0.1, 0.15) is 38.3 Å². The van der Waals surface area contributed by atoms with Gasteiger partial charge in [-0.05, 0) is 57.9 Å². The van der Waals surface area contributed by atoms with Crippen LogP contribution in [-0.4, -0.2) is 24.8 Å². The summed E-state index contributed by atoms with van der Waals surface area (Å²) in [4.78, 5) is 11.4. The summed E-state index contributed by atoms with van der Waals surface area (Å²) in [5, 5.41) is 6.11. The molecule has 4 nitrogen and oxygen atoms in total. The van der Waals surface area contributed by atoms with Crippen LogP contribution >= 0.6 is 15.9 Å². The third-order valence-electron chi connectivity index (χ3n) is 2.75. The second-order valence-corrected chi connectivity index (χ2v) is 6.90. The molecule has 118 valence electrons. The topological polar surface area (TPSA) is 50.4 Å². The molecule has 0 saturated carbocycles. The number of ether oxygens (including phenoxy) is 1. The van der Waals surface area contributed by atoms with E-state index in [1.54, 1.807) is 0 Å². The van der Waals surface area contributed by atoms with Gasteiger partial charge < -0.3 is 15.4 Å². The maximum absolute atomic E-state index is 11.4. The molecule has 0 heterocycles. The van der Waals surface area contributed by atoms with Crippen LogP contribution in [0.15, 0.2) is 22.7 Å². The summed E-state index contributed by atoms with van der Waals surface area (Å²) in [5.41, 5.74) is 2.05. The van der Waals surface area contributed by atoms with Crippen molar-refractivity contribution in [3.05, 3.63) is 33.8 Å². The van der Waals surface area contributed by atoms with Crippen molar-refractivity contribution < 1.29 is 9.53 Å². The number of aryl methyl sites for hydroxylation is 1. The predicted molar refractivity (Wildman–Crippen MR) is 89.4 cm³/mol. The molecular formula is C16H25BrN2O2. The summed E-state index contributed by atoms with van der Waals surface area (Å²) in [6.07, 6.45) is 0.514. The lowest BCUT2D eigenvalue weighted by Crippen LogP contribution is -2.33. The largest absolute Gasteiger partial charge is 0.444 e. The van der Waals surface area contributed by atoms with Gasteiger partial charge in [0.1, 0.15) is 5.60 Å². The van der Waals surface area contributed by atoms with E-state index in [9.17, 15) is 4.79 Å². The maximum atomic E-state index is 11.4. The van der Waals surface area contributed by atoms with Gasteiger partial charge in [-0.15, -0.1) is 0 Å². The van der Waals surface area contributed by atoms with Crippen LogP contribution in [0.25, 0.3) is 0 Å². The number of alkyl carbamates (subject to hydrolysis) is 1. The van der Waals surface area contributed by atoms with E-state index in [2.05, 4.69) is 51.7 Å². The fourth-order valence-corrected chi connectivity index (χ4v) is 2.01. The standard InChI is InChI=1S/C16H25BrN2O2/c1-12-10-13(6-7-14(12)17)11-18-8-5-9-19-15(20)21-16(2,3)4/h6-7,10,18H,5,8-9,11H2,1-4H3,(H,19,20). The van der Waals surface area contributed by atoms with Crippen LogP contribution in [0.3, 0.4) is 0 Å². The highest BCUT2D eigenvalue weighted by Gasteiger charge is 2.15. The molecule has 1 aromatic rings. The smallest absolute Gasteiger partial charge is 0.407 e. The number of hydrogen-bond acceptors (Lipinski definition) is 3. The molecule has 0 aliphatic heterocycles. The molecule has 0 bridgehead atoms. The Kier molecular flexibility index (Phi) is 7.18. The molecule has 0 unspecified atom stereocenters. The zero-order valence-electron chi connectivity index (χ0n) is 13.3. The number of hydrogen-bond donors (Lipinski definition) is 2. The van der Waals surface area contributed by atoms with Gasteiger partial charge in [-0.1, -0.05) is 28.1 Å². The third-order valence-corrected chi connectivity index (χ3v) is 3.64. The highest BCUT2D eigenvalue weighted by molar-refractivity contribution is 9.10. The summed E-state index contributed by atoms with van der Waals surface area (Å²) >= 11 is 3.49. The second-order valence-electron chi connectivity index (χ2n) is 6.04. The molecule has 0 atom stereocenters. The van der Waals surface area contributed by atoms with Gasteiger partial charge >= 0.3 is 6.09 Å². The van der Waals surface area contributed by atoms with Gasteiger partial charge in [-0.2, -0.15) is 0 Å². The van der Waals surface area contributed by atoms with Gasteiger partial charge in [0.15, 0.2) is 0 Å². The third kappa shape index (κ3) is 8.07. The quantitative estimate of drug-likeness (QED) is 0.762.